The van der Waals surface area contributed by atoms with E-state index in [1.54, 1.807) is 0 Å². The minimum Gasteiger partial charge on any atom is -0.287 e. The first kappa shape index (κ1) is 12.3. The maximum Gasteiger partial charge on any atom is 0.214 e. The van der Waals surface area contributed by atoms with E-state index in [2.05, 4.69) is 10.1 Å². The second-order valence-corrected chi connectivity index (χ2v) is 5.88. The average molecular weight is 293 g/mol. The largest absolute Gasteiger partial charge is 0.287 e. The van der Waals surface area contributed by atoms with Gasteiger partial charge in [0.25, 0.3) is 0 Å². The molecule has 0 aliphatic carbocycles. The molecule has 1 aromatic carbocycles. The SMILES string of the molecule is CSc1sc2cc(F)ccc2c(=O)c1-n1cncn1. The van der Waals surface area contributed by atoms with Crippen molar-refractivity contribution in [2.45, 2.75) is 4.21 Å². The Morgan fingerprint density at radius 2 is 2.26 bits per heavy atom. The second-order valence-electron chi connectivity index (χ2n) is 3.75. The van der Waals surface area contributed by atoms with E-state index in [0.29, 0.717) is 15.8 Å². The second kappa shape index (κ2) is 4.75. The monoisotopic (exact) mass is 293 g/mol. The summed E-state index contributed by atoms with van der Waals surface area (Å²) in [7, 11) is 0. The standard InChI is InChI=1S/C12H8FN3OS2/c1-18-12-10(16-6-14-5-15-16)11(17)8-3-2-7(13)4-9(8)19-12/h2-6H,1H3. The van der Waals surface area contributed by atoms with Gasteiger partial charge in [-0.2, -0.15) is 5.10 Å². The topological polar surface area (TPSA) is 47.8 Å². The normalized spacial score (nSPS) is 11.1. The zero-order valence-corrected chi connectivity index (χ0v) is 11.5. The van der Waals surface area contributed by atoms with E-state index in [-0.39, 0.29) is 11.2 Å². The highest BCUT2D eigenvalue weighted by molar-refractivity contribution is 8.00. The van der Waals surface area contributed by atoms with Crippen LogP contribution in [0.1, 0.15) is 0 Å². The molecule has 0 aliphatic heterocycles. The molecule has 0 fully saturated rings. The minimum absolute atomic E-state index is 0.163. The maximum absolute atomic E-state index is 13.2. The fourth-order valence-electron chi connectivity index (χ4n) is 1.80. The Morgan fingerprint density at radius 3 is 2.95 bits per heavy atom. The fraction of sp³-hybridized carbons (Fsp3) is 0.0833. The van der Waals surface area contributed by atoms with E-state index >= 15 is 0 Å². The molecule has 96 valence electrons. The van der Waals surface area contributed by atoms with Crippen LogP contribution in [-0.2, 0) is 0 Å². The van der Waals surface area contributed by atoms with Gasteiger partial charge in [0.05, 0.1) is 4.21 Å². The van der Waals surface area contributed by atoms with Crippen molar-refractivity contribution in [3.8, 4) is 5.69 Å². The lowest BCUT2D eigenvalue weighted by atomic mass is 10.2. The lowest BCUT2D eigenvalue weighted by molar-refractivity contribution is 0.630. The van der Waals surface area contributed by atoms with Crippen molar-refractivity contribution in [3.63, 3.8) is 0 Å². The number of hydrogen-bond donors (Lipinski definition) is 0. The predicted octanol–water partition coefficient (Wildman–Crippen LogP) is 2.70. The molecule has 2 aromatic heterocycles. The van der Waals surface area contributed by atoms with Crippen molar-refractivity contribution in [1.29, 1.82) is 0 Å². The Morgan fingerprint density at radius 1 is 1.42 bits per heavy atom. The van der Waals surface area contributed by atoms with Crippen LogP contribution in [-0.4, -0.2) is 21.0 Å². The molecule has 0 N–H and O–H groups in total. The summed E-state index contributed by atoms with van der Waals surface area (Å²) in [6, 6.07) is 4.18. The molecule has 0 bridgehead atoms. The zero-order chi connectivity index (χ0) is 13.4. The summed E-state index contributed by atoms with van der Waals surface area (Å²) < 4.78 is 16.1. The Hall–Kier alpha value is -1.73. The van der Waals surface area contributed by atoms with Crippen LogP contribution in [0.25, 0.3) is 15.8 Å². The van der Waals surface area contributed by atoms with Gasteiger partial charge in [0.1, 0.15) is 24.2 Å². The predicted molar refractivity (Wildman–Crippen MR) is 74.8 cm³/mol. The highest BCUT2D eigenvalue weighted by Gasteiger charge is 2.14. The van der Waals surface area contributed by atoms with Gasteiger partial charge in [0.15, 0.2) is 0 Å². The van der Waals surface area contributed by atoms with Crippen molar-refractivity contribution in [3.05, 3.63) is 46.9 Å². The van der Waals surface area contributed by atoms with Crippen LogP contribution in [0.5, 0.6) is 0 Å². The molecular formula is C12H8FN3OS2. The number of hydrogen-bond acceptors (Lipinski definition) is 5. The van der Waals surface area contributed by atoms with Crippen molar-refractivity contribution in [1.82, 2.24) is 14.8 Å². The van der Waals surface area contributed by atoms with E-state index in [1.165, 1.54) is 58.6 Å². The Bertz CT molecular complexity index is 799. The Labute approximate surface area is 115 Å². The van der Waals surface area contributed by atoms with Gasteiger partial charge >= 0.3 is 0 Å². The highest BCUT2D eigenvalue weighted by Crippen LogP contribution is 2.31. The third-order valence-corrected chi connectivity index (χ3v) is 4.88. The van der Waals surface area contributed by atoms with E-state index in [1.807, 2.05) is 6.26 Å². The molecule has 0 radical (unpaired) electrons. The number of aromatic nitrogens is 3. The Balaban J connectivity index is 2.42. The van der Waals surface area contributed by atoms with Crippen LogP contribution in [0.15, 0.2) is 39.9 Å². The summed E-state index contributed by atoms with van der Waals surface area (Å²) in [5, 5.41) is 4.50. The molecule has 0 aliphatic rings. The molecule has 0 saturated heterocycles. The smallest absolute Gasteiger partial charge is 0.214 e. The zero-order valence-electron chi connectivity index (χ0n) is 9.83. The van der Waals surface area contributed by atoms with Gasteiger partial charge in [-0.25, -0.2) is 14.1 Å². The summed E-state index contributed by atoms with van der Waals surface area (Å²) in [6.07, 6.45) is 4.73. The van der Waals surface area contributed by atoms with Crippen molar-refractivity contribution < 1.29 is 4.39 Å². The van der Waals surface area contributed by atoms with Gasteiger partial charge in [-0.1, -0.05) is 0 Å². The molecular weight excluding hydrogens is 285 g/mol. The van der Waals surface area contributed by atoms with Crippen molar-refractivity contribution in [2.24, 2.45) is 0 Å². The molecule has 0 unspecified atom stereocenters. The summed E-state index contributed by atoms with van der Waals surface area (Å²) in [5.41, 5.74) is 0.303. The van der Waals surface area contributed by atoms with E-state index in [0.717, 1.165) is 4.21 Å². The third-order valence-electron chi connectivity index (χ3n) is 2.63. The van der Waals surface area contributed by atoms with Crippen LogP contribution in [0, 0.1) is 5.82 Å². The summed E-state index contributed by atoms with van der Waals surface area (Å²) in [4.78, 5) is 16.4. The van der Waals surface area contributed by atoms with Crippen LogP contribution in [0.2, 0.25) is 0 Å². The van der Waals surface area contributed by atoms with E-state index in [9.17, 15) is 9.18 Å². The molecule has 3 aromatic rings. The molecule has 2 heterocycles. The summed E-state index contributed by atoms with van der Waals surface area (Å²) in [5.74, 6) is -0.344. The van der Waals surface area contributed by atoms with Crippen molar-refractivity contribution >= 4 is 33.2 Å². The minimum atomic E-state index is -0.344. The van der Waals surface area contributed by atoms with Crippen molar-refractivity contribution in [2.75, 3.05) is 6.26 Å². The van der Waals surface area contributed by atoms with Gasteiger partial charge in [-0.05, 0) is 24.5 Å². The van der Waals surface area contributed by atoms with Gasteiger partial charge in [0.2, 0.25) is 5.43 Å². The third kappa shape index (κ3) is 2.04. The van der Waals surface area contributed by atoms with Crippen LogP contribution < -0.4 is 5.43 Å². The first-order chi connectivity index (χ1) is 9.20. The molecule has 4 nitrogen and oxygen atoms in total. The quantitative estimate of drug-likeness (QED) is 0.682. The number of benzene rings is 1. The number of fused-ring (bicyclic) bond motifs is 1. The first-order valence-electron chi connectivity index (χ1n) is 5.36. The Kier molecular flexibility index (Phi) is 3.08. The van der Waals surface area contributed by atoms with Crippen LogP contribution >= 0.6 is 23.1 Å². The molecule has 7 heteroatoms. The summed E-state index contributed by atoms with van der Waals surface area (Å²) >= 11 is 2.81. The van der Waals surface area contributed by atoms with Gasteiger partial charge in [0, 0.05) is 10.1 Å². The van der Waals surface area contributed by atoms with Crippen LogP contribution in [0.4, 0.5) is 4.39 Å². The molecule has 0 amide bonds. The lowest BCUT2D eigenvalue weighted by Gasteiger charge is -2.07. The maximum atomic E-state index is 13.2. The number of nitrogens with zero attached hydrogens (tertiary/aromatic N) is 3. The summed E-state index contributed by atoms with van der Waals surface area (Å²) in [6.45, 7) is 0. The number of halogens is 1. The van der Waals surface area contributed by atoms with E-state index < -0.39 is 0 Å². The highest BCUT2D eigenvalue weighted by atomic mass is 32.2. The van der Waals surface area contributed by atoms with Gasteiger partial charge < -0.3 is 0 Å². The van der Waals surface area contributed by atoms with Crippen LogP contribution in [0.3, 0.4) is 0 Å². The molecule has 3 rings (SSSR count). The molecule has 0 atom stereocenters. The molecule has 0 spiro atoms. The number of rotatable bonds is 2. The fourth-order valence-corrected chi connectivity index (χ4v) is 3.70. The number of thioether (sulfide) groups is 1. The van der Waals surface area contributed by atoms with E-state index in [4.69, 9.17) is 0 Å². The molecule has 19 heavy (non-hydrogen) atoms. The van der Waals surface area contributed by atoms with Gasteiger partial charge in [-0.3, -0.25) is 4.79 Å². The van der Waals surface area contributed by atoms with Gasteiger partial charge in [-0.15, -0.1) is 23.1 Å². The lowest BCUT2D eigenvalue weighted by Crippen LogP contribution is -2.13. The molecule has 0 saturated carbocycles. The first-order valence-corrected chi connectivity index (χ1v) is 7.40. The average Bonchev–Trinajstić information content (AvgIpc) is 2.91.